The van der Waals surface area contributed by atoms with Crippen molar-refractivity contribution in [1.82, 2.24) is 9.38 Å². The number of thiazole rings is 1. The molecule has 1 aromatic carbocycles. The summed E-state index contributed by atoms with van der Waals surface area (Å²) in [7, 11) is 1.63. The fourth-order valence-corrected chi connectivity index (χ4v) is 4.27. The van der Waals surface area contributed by atoms with Crippen molar-refractivity contribution in [1.29, 1.82) is 0 Å². The summed E-state index contributed by atoms with van der Waals surface area (Å²) in [4.78, 5) is 17.7. The molecule has 0 unspecified atom stereocenters. The van der Waals surface area contributed by atoms with Gasteiger partial charge in [0.25, 0.3) is 5.65 Å². The summed E-state index contributed by atoms with van der Waals surface area (Å²) in [6.07, 6.45) is 3.44. The molecule has 4 rings (SSSR count). The molecule has 0 N–H and O–H groups in total. The van der Waals surface area contributed by atoms with Crippen LogP contribution in [-0.4, -0.2) is 16.5 Å². The van der Waals surface area contributed by atoms with Crippen molar-refractivity contribution in [3.05, 3.63) is 73.7 Å². The molecule has 136 valence electrons. The second-order valence-corrected chi connectivity index (χ2v) is 8.00. The van der Waals surface area contributed by atoms with Gasteiger partial charge in [0, 0.05) is 17.8 Å². The quantitative estimate of drug-likeness (QED) is 0.325. The summed E-state index contributed by atoms with van der Waals surface area (Å²) >= 11 is 3.33. The Kier molecular flexibility index (Phi) is 4.83. The minimum Gasteiger partial charge on any atom is -0.841 e. The van der Waals surface area contributed by atoms with Gasteiger partial charge in [0.2, 0.25) is 0 Å². The smallest absolute Gasteiger partial charge is 0.355 e. The van der Waals surface area contributed by atoms with Crippen LogP contribution in [0, 0.1) is 3.57 Å². The number of hydrogen-bond acceptors (Lipinski definition) is 5. The van der Waals surface area contributed by atoms with Gasteiger partial charge in [-0.3, -0.25) is 0 Å². The molecule has 0 aliphatic carbocycles. The molecule has 4 aromatic rings. The van der Waals surface area contributed by atoms with E-state index in [-0.39, 0.29) is 15.0 Å². The normalized spacial score (nSPS) is 11.0. The number of fused-ring (bicyclic) bond motifs is 1. The number of pyridine rings is 1. The Morgan fingerprint density at radius 3 is 2.96 bits per heavy atom. The van der Waals surface area contributed by atoms with Gasteiger partial charge in [-0.25, -0.2) is 14.3 Å². The fraction of sp³-hybridized carbons (Fsp3) is 0.105. The molecule has 0 aliphatic heterocycles. The van der Waals surface area contributed by atoms with Crippen molar-refractivity contribution in [2.75, 3.05) is 7.11 Å². The van der Waals surface area contributed by atoms with Gasteiger partial charge in [-0.15, -0.1) is 11.3 Å². The van der Waals surface area contributed by atoms with Crippen molar-refractivity contribution in [3.63, 3.8) is 0 Å². The Labute approximate surface area is 172 Å². The molecule has 0 radical (unpaired) electrons. The third kappa shape index (κ3) is 3.30. The van der Waals surface area contributed by atoms with Crippen LogP contribution in [0.15, 0.2) is 59.7 Å². The number of rotatable bonds is 4. The van der Waals surface area contributed by atoms with E-state index >= 15 is 0 Å². The number of methoxy groups -OCH3 is 1. The molecule has 0 amide bonds. The highest BCUT2D eigenvalue weighted by Crippen LogP contribution is 2.28. The van der Waals surface area contributed by atoms with Crippen molar-refractivity contribution >= 4 is 39.6 Å². The van der Waals surface area contributed by atoms with Crippen molar-refractivity contribution < 1.29 is 14.4 Å². The summed E-state index contributed by atoms with van der Waals surface area (Å²) in [5.74, 6) is 0.478. The zero-order chi connectivity index (χ0) is 19.0. The number of hydrogen-bond donors (Lipinski definition) is 0. The molecule has 0 fully saturated rings. The standard InChI is InChI=1S/C19H14IN3O3S/c1-26-13-6-4-5-12(9-13)17-21-10-14(27-17)11-23-15-7-2-3-8-22(15)18(24)16(20)19(23)25/h2-10H,11H2,1H3. The number of halogens is 1. The Morgan fingerprint density at radius 2 is 2.15 bits per heavy atom. The van der Waals surface area contributed by atoms with Crippen molar-refractivity contribution in [3.8, 4) is 22.2 Å². The van der Waals surface area contributed by atoms with E-state index in [1.165, 1.54) is 15.7 Å². The molecule has 0 saturated heterocycles. The third-order valence-electron chi connectivity index (χ3n) is 4.14. The maximum atomic E-state index is 12.7. The van der Waals surface area contributed by atoms with Crippen LogP contribution < -0.4 is 20.0 Å². The van der Waals surface area contributed by atoms with Gasteiger partial charge in [-0.05, 0) is 40.8 Å². The van der Waals surface area contributed by atoms with E-state index in [0.29, 0.717) is 12.2 Å². The monoisotopic (exact) mass is 491 g/mol. The first kappa shape index (κ1) is 17.9. The zero-order valence-corrected chi connectivity index (χ0v) is 17.2. The minimum atomic E-state index is -0.297. The fourth-order valence-electron chi connectivity index (χ4n) is 2.82. The van der Waals surface area contributed by atoms with Gasteiger partial charge < -0.3 is 9.84 Å². The van der Waals surface area contributed by atoms with Gasteiger partial charge in [-0.2, -0.15) is 4.40 Å². The molecular weight excluding hydrogens is 477 g/mol. The molecule has 3 aromatic heterocycles. The maximum Gasteiger partial charge on any atom is 0.355 e. The first-order valence-corrected chi connectivity index (χ1v) is 9.97. The first-order chi connectivity index (χ1) is 13.1. The van der Waals surface area contributed by atoms with Gasteiger partial charge in [-0.1, -0.05) is 18.2 Å². The predicted octanol–water partition coefficient (Wildman–Crippen LogP) is 2.45. The van der Waals surface area contributed by atoms with E-state index in [0.717, 1.165) is 21.2 Å². The van der Waals surface area contributed by atoms with Gasteiger partial charge in [0.1, 0.15) is 20.9 Å². The topological polar surface area (TPSA) is 70.5 Å². The molecule has 0 atom stereocenters. The zero-order valence-electron chi connectivity index (χ0n) is 14.3. The van der Waals surface area contributed by atoms with E-state index in [1.807, 2.05) is 52.9 Å². The third-order valence-corrected chi connectivity index (χ3v) is 6.09. The van der Waals surface area contributed by atoms with E-state index < -0.39 is 0 Å². The van der Waals surface area contributed by atoms with Crippen molar-refractivity contribution in [2.24, 2.45) is 0 Å². The maximum absolute atomic E-state index is 12.7. The molecule has 0 aliphatic rings. The molecule has 3 heterocycles. The van der Waals surface area contributed by atoms with Gasteiger partial charge >= 0.3 is 5.56 Å². The average molecular weight is 491 g/mol. The Hall–Kier alpha value is -2.46. The van der Waals surface area contributed by atoms with Gasteiger partial charge in [0.05, 0.1) is 24.1 Å². The molecule has 6 nitrogen and oxygen atoms in total. The molecule has 8 heteroatoms. The number of benzene rings is 1. The molecule has 0 spiro atoms. The predicted molar refractivity (Wildman–Crippen MR) is 109 cm³/mol. The van der Waals surface area contributed by atoms with Crippen LogP contribution in [0.5, 0.6) is 11.6 Å². The summed E-state index contributed by atoms with van der Waals surface area (Å²) in [5, 5.41) is 13.5. The number of nitrogens with zero attached hydrogens (tertiary/aromatic N) is 3. The SMILES string of the molecule is COc1cccc(-c2ncc(C[n+]3c([O-])c(I)c(=O)n4ccccc43)s2)c1. The first-order valence-electron chi connectivity index (χ1n) is 8.07. The second-order valence-electron chi connectivity index (χ2n) is 5.80. The lowest BCUT2D eigenvalue weighted by atomic mass is 10.2. The molecular formula is C19H14IN3O3S. The lowest BCUT2D eigenvalue weighted by Gasteiger charge is -2.13. The Bertz CT molecular complexity index is 1200. The van der Waals surface area contributed by atoms with Crippen LogP contribution in [-0.2, 0) is 6.54 Å². The van der Waals surface area contributed by atoms with Crippen LogP contribution in [0.25, 0.3) is 16.2 Å². The summed E-state index contributed by atoms with van der Waals surface area (Å²) < 4.78 is 8.54. The average Bonchev–Trinajstić information content (AvgIpc) is 3.18. The van der Waals surface area contributed by atoms with Crippen LogP contribution >= 0.6 is 33.9 Å². The summed E-state index contributed by atoms with van der Waals surface area (Å²) in [6.45, 7) is 0.351. The van der Waals surface area contributed by atoms with Crippen LogP contribution in [0.1, 0.15) is 4.88 Å². The summed E-state index contributed by atoms with van der Waals surface area (Å²) in [6, 6.07) is 13.0. The Balaban J connectivity index is 1.76. The highest BCUT2D eigenvalue weighted by atomic mass is 127. The lowest BCUT2D eigenvalue weighted by Crippen LogP contribution is -2.44. The van der Waals surface area contributed by atoms with Crippen molar-refractivity contribution in [2.45, 2.75) is 6.54 Å². The molecule has 0 saturated carbocycles. The lowest BCUT2D eigenvalue weighted by molar-refractivity contribution is -0.709. The largest absolute Gasteiger partial charge is 0.841 e. The minimum absolute atomic E-state index is 0.175. The van der Waals surface area contributed by atoms with Crippen LogP contribution in [0.3, 0.4) is 0 Å². The molecule has 0 bridgehead atoms. The summed E-state index contributed by atoms with van der Waals surface area (Å²) in [5.41, 5.74) is 1.22. The van der Waals surface area contributed by atoms with E-state index in [1.54, 1.807) is 36.2 Å². The number of ether oxygens (including phenoxy) is 1. The van der Waals surface area contributed by atoms with Gasteiger partial charge in [0.15, 0.2) is 0 Å². The number of aromatic nitrogens is 3. The second kappa shape index (κ2) is 7.28. The van der Waals surface area contributed by atoms with E-state index in [2.05, 4.69) is 4.98 Å². The van der Waals surface area contributed by atoms with Crippen LogP contribution in [0.4, 0.5) is 0 Å². The highest BCUT2D eigenvalue weighted by Gasteiger charge is 2.18. The molecule has 27 heavy (non-hydrogen) atoms. The van der Waals surface area contributed by atoms with E-state index in [9.17, 15) is 9.90 Å². The highest BCUT2D eigenvalue weighted by molar-refractivity contribution is 14.1. The Morgan fingerprint density at radius 1 is 1.30 bits per heavy atom. The van der Waals surface area contributed by atoms with Crippen LogP contribution in [0.2, 0.25) is 0 Å². The van der Waals surface area contributed by atoms with E-state index in [4.69, 9.17) is 4.74 Å².